The molecule has 1 saturated carbocycles. The molecule has 0 radical (unpaired) electrons. The van der Waals surface area contributed by atoms with Crippen LogP contribution in [0.5, 0.6) is 0 Å². The molecule has 1 aromatic carbocycles. The van der Waals surface area contributed by atoms with Gasteiger partial charge in [0.2, 0.25) is 0 Å². The smallest absolute Gasteiger partial charge is 0.272 e. The van der Waals surface area contributed by atoms with Crippen molar-refractivity contribution in [3.63, 3.8) is 0 Å². The normalized spacial score (nSPS) is 24.7. The van der Waals surface area contributed by atoms with E-state index >= 15 is 0 Å². The fourth-order valence-electron chi connectivity index (χ4n) is 4.02. The molecule has 3 atom stereocenters. The SMILES string of the molecule is O=C(NC1CC1C1CCCNC1)c1nccnc1-c1nc2ccccc2s1. The Morgan fingerprint density at radius 1 is 1.22 bits per heavy atom. The highest BCUT2D eigenvalue weighted by atomic mass is 32.1. The Bertz CT molecular complexity index is 948. The second-order valence-electron chi connectivity index (χ2n) is 7.33. The van der Waals surface area contributed by atoms with Gasteiger partial charge in [0.15, 0.2) is 5.69 Å². The number of carbonyl (C=O) groups is 1. The summed E-state index contributed by atoms with van der Waals surface area (Å²) in [5.41, 5.74) is 1.85. The van der Waals surface area contributed by atoms with Gasteiger partial charge in [0, 0.05) is 18.4 Å². The zero-order chi connectivity index (χ0) is 18.2. The number of hydrogen-bond donors (Lipinski definition) is 2. The number of rotatable bonds is 4. The fourth-order valence-corrected chi connectivity index (χ4v) is 4.98. The van der Waals surface area contributed by atoms with Crippen molar-refractivity contribution in [2.45, 2.75) is 25.3 Å². The molecule has 27 heavy (non-hydrogen) atoms. The Labute approximate surface area is 161 Å². The van der Waals surface area contributed by atoms with E-state index in [9.17, 15) is 4.79 Å². The predicted molar refractivity (Wildman–Crippen MR) is 106 cm³/mol. The minimum Gasteiger partial charge on any atom is -0.348 e. The number of nitrogens with zero attached hydrogens (tertiary/aromatic N) is 3. The molecule has 3 unspecified atom stereocenters. The molecule has 0 bridgehead atoms. The predicted octanol–water partition coefficient (Wildman–Crippen LogP) is 2.87. The van der Waals surface area contributed by atoms with E-state index in [0.717, 1.165) is 34.7 Å². The number of hydrogen-bond acceptors (Lipinski definition) is 6. The van der Waals surface area contributed by atoms with Crippen LogP contribution < -0.4 is 10.6 Å². The van der Waals surface area contributed by atoms with Crippen LogP contribution >= 0.6 is 11.3 Å². The topological polar surface area (TPSA) is 79.8 Å². The Morgan fingerprint density at radius 3 is 2.96 bits per heavy atom. The Kier molecular flexibility index (Phi) is 4.33. The number of para-hydroxylation sites is 1. The lowest BCUT2D eigenvalue weighted by Crippen LogP contribution is -2.34. The van der Waals surface area contributed by atoms with Crippen LogP contribution in [0.2, 0.25) is 0 Å². The van der Waals surface area contributed by atoms with Gasteiger partial charge in [-0.05, 0) is 56.3 Å². The third kappa shape index (κ3) is 3.33. The van der Waals surface area contributed by atoms with Crippen LogP contribution in [-0.4, -0.2) is 40.0 Å². The van der Waals surface area contributed by atoms with Crippen LogP contribution in [0, 0.1) is 11.8 Å². The first kappa shape index (κ1) is 16.8. The van der Waals surface area contributed by atoms with Crippen LogP contribution in [-0.2, 0) is 0 Å². The number of piperidine rings is 1. The second-order valence-corrected chi connectivity index (χ2v) is 8.36. The van der Waals surface area contributed by atoms with Crippen molar-refractivity contribution in [1.29, 1.82) is 0 Å². The standard InChI is InChI=1S/C20H21N5OS/c26-19(24-15-10-13(15)12-4-3-7-21-11-12)17-18(23-9-8-22-17)20-25-14-5-1-2-6-16(14)27-20/h1-2,5-6,8-9,12-13,15,21H,3-4,7,10-11H2,(H,24,26). The van der Waals surface area contributed by atoms with Crippen molar-refractivity contribution in [3.8, 4) is 10.7 Å². The molecule has 1 aliphatic carbocycles. The number of benzene rings is 1. The maximum absolute atomic E-state index is 12.9. The van der Waals surface area contributed by atoms with E-state index in [1.54, 1.807) is 12.4 Å². The maximum Gasteiger partial charge on any atom is 0.272 e. The average molecular weight is 379 g/mol. The van der Waals surface area contributed by atoms with Crippen LogP contribution in [0.4, 0.5) is 0 Å². The van der Waals surface area contributed by atoms with Gasteiger partial charge in [0.25, 0.3) is 5.91 Å². The number of carbonyl (C=O) groups excluding carboxylic acids is 1. The first-order valence-corrected chi connectivity index (χ1v) is 10.3. The molecule has 5 rings (SSSR count). The molecular formula is C20H21N5OS. The van der Waals surface area contributed by atoms with Crippen molar-refractivity contribution < 1.29 is 4.79 Å². The Morgan fingerprint density at radius 2 is 2.11 bits per heavy atom. The molecule has 138 valence electrons. The number of fused-ring (bicyclic) bond motifs is 1. The van der Waals surface area contributed by atoms with Gasteiger partial charge in [-0.25, -0.2) is 15.0 Å². The summed E-state index contributed by atoms with van der Waals surface area (Å²) < 4.78 is 1.08. The van der Waals surface area contributed by atoms with Gasteiger partial charge < -0.3 is 10.6 Å². The highest BCUT2D eigenvalue weighted by Gasteiger charge is 2.44. The van der Waals surface area contributed by atoms with Gasteiger partial charge in [-0.2, -0.15) is 0 Å². The van der Waals surface area contributed by atoms with E-state index in [1.165, 1.54) is 24.2 Å². The van der Waals surface area contributed by atoms with Crippen LogP contribution in [0.15, 0.2) is 36.7 Å². The first-order valence-electron chi connectivity index (χ1n) is 9.48. The summed E-state index contributed by atoms with van der Waals surface area (Å²) in [6.07, 6.45) is 6.74. The van der Waals surface area contributed by atoms with Crippen molar-refractivity contribution in [1.82, 2.24) is 25.6 Å². The molecule has 2 aromatic heterocycles. The van der Waals surface area contributed by atoms with E-state index in [1.807, 2.05) is 24.3 Å². The summed E-state index contributed by atoms with van der Waals surface area (Å²) in [6.45, 7) is 2.19. The summed E-state index contributed by atoms with van der Waals surface area (Å²) in [5.74, 6) is 1.12. The molecule has 2 N–H and O–H groups in total. The summed E-state index contributed by atoms with van der Waals surface area (Å²) in [5, 5.41) is 7.37. The summed E-state index contributed by atoms with van der Waals surface area (Å²) in [6, 6.07) is 8.20. The van der Waals surface area contributed by atoms with Crippen LogP contribution in [0.3, 0.4) is 0 Å². The lowest BCUT2D eigenvalue weighted by atomic mass is 9.94. The van der Waals surface area contributed by atoms with Crippen LogP contribution in [0.25, 0.3) is 20.9 Å². The minimum atomic E-state index is -0.145. The molecule has 2 fully saturated rings. The molecule has 3 aromatic rings. The minimum absolute atomic E-state index is 0.145. The quantitative estimate of drug-likeness (QED) is 0.729. The molecule has 1 saturated heterocycles. The third-order valence-electron chi connectivity index (χ3n) is 5.51. The number of aromatic nitrogens is 3. The highest BCUT2D eigenvalue weighted by molar-refractivity contribution is 7.21. The third-order valence-corrected chi connectivity index (χ3v) is 6.55. The summed E-state index contributed by atoms with van der Waals surface area (Å²) in [4.78, 5) is 26.3. The van der Waals surface area contributed by atoms with Gasteiger partial charge in [-0.3, -0.25) is 4.79 Å². The number of nitrogens with one attached hydrogen (secondary N) is 2. The van der Waals surface area contributed by atoms with Gasteiger partial charge in [-0.1, -0.05) is 12.1 Å². The van der Waals surface area contributed by atoms with Crippen molar-refractivity contribution in [3.05, 3.63) is 42.4 Å². The van der Waals surface area contributed by atoms with E-state index in [2.05, 4.69) is 25.6 Å². The zero-order valence-electron chi connectivity index (χ0n) is 14.9. The van der Waals surface area contributed by atoms with Gasteiger partial charge in [0.05, 0.1) is 10.2 Å². The van der Waals surface area contributed by atoms with Crippen molar-refractivity contribution >= 4 is 27.5 Å². The molecular weight excluding hydrogens is 358 g/mol. The first-order chi connectivity index (χ1) is 13.3. The monoisotopic (exact) mass is 379 g/mol. The zero-order valence-corrected chi connectivity index (χ0v) is 15.7. The van der Waals surface area contributed by atoms with Gasteiger partial charge in [0.1, 0.15) is 10.7 Å². The second kappa shape index (κ2) is 6.98. The number of amides is 1. The van der Waals surface area contributed by atoms with Crippen molar-refractivity contribution in [2.75, 3.05) is 13.1 Å². The van der Waals surface area contributed by atoms with Crippen molar-refractivity contribution in [2.24, 2.45) is 11.8 Å². The average Bonchev–Trinajstić information content (AvgIpc) is 3.34. The molecule has 2 aliphatic rings. The maximum atomic E-state index is 12.9. The fraction of sp³-hybridized carbons (Fsp3) is 0.400. The molecule has 1 aliphatic heterocycles. The highest BCUT2D eigenvalue weighted by Crippen LogP contribution is 2.40. The van der Waals surface area contributed by atoms with E-state index in [0.29, 0.717) is 23.2 Å². The Hall–Kier alpha value is -2.38. The Balaban J connectivity index is 1.35. The van der Waals surface area contributed by atoms with E-state index < -0.39 is 0 Å². The summed E-state index contributed by atoms with van der Waals surface area (Å²) >= 11 is 1.54. The van der Waals surface area contributed by atoms with E-state index in [-0.39, 0.29) is 11.9 Å². The molecule has 3 heterocycles. The van der Waals surface area contributed by atoms with Gasteiger partial charge >= 0.3 is 0 Å². The molecule has 0 spiro atoms. The summed E-state index contributed by atoms with van der Waals surface area (Å²) in [7, 11) is 0. The van der Waals surface area contributed by atoms with Crippen LogP contribution in [0.1, 0.15) is 29.8 Å². The van der Waals surface area contributed by atoms with Gasteiger partial charge in [-0.15, -0.1) is 11.3 Å². The molecule has 1 amide bonds. The molecule has 6 nitrogen and oxygen atoms in total. The molecule has 7 heteroatoms. The lowest BCUT2D eigenvalue weighted by Gasteiger charge is -2.22. The number of thiazole rings is 1. The lowest BCUT2D eigenvalue weighted by molar-refractivity contribution is 0.0942. The van der Waals surface area contributed by atoms with E-state index in [4.69, 9.17) is 0 Å². The largest absolute Gasteiger partial charge is 0.348 e.